The summed E-state index contributed by atoms with van der Waals surface area (Å²) in [5.41, 5.74) is 0. The summed E-state index contributed by atoms with van der Waals surface area (Å²) in [6.45, 7) is 0. The highest BCUT2D eigenvalue weighted by Gasteiger charge is 2.05. The van der Waals surface area contributed by atoms with E-state index < -0.39 is 0 Å². The summed E-state index contributed by atoms with van der Waals surface area (Å²) in [7, 11) is 1.82. The number of nitrogens with one attached hydrogen (secondary N) is 1. The van der Waals surface area contributed by atoms with Gasteiger partial charge in [0.2, 0.25) is 0 Å². The van der Waals surface area contributed by atoms with Gasteiger partial charge in [-0.05, 0) is 22.0 Å². The lowest BCUT2D eigenvalue weighted by Crippen LogP contribution is -1.94. The lowest BCUT2D eigenvalue weighted by Gasteiger charge is -2.05. The van der Waals surface area contributed by atoms with Crippen molar-refractivity contribution < 1.29 is 0 Å². The van der Waals surface area contributed by atoms with Crippen LogP contribution >= 0.6 is 27.5 Å². The molecule has 0 unspecified atom stereocenters. The van der Waals surface area contributed by atoms with Crippen molar-refractivity contribution in [2.75, 3.05) is 12.4 Å². The zero-order chi connectivity index (χ0) is 10.1. The van der Waals surface area contributed by atoms with Crippen LogP contribution in [0.5, 0.6) is 0 Å². The molecule has 0 radical (unpaired) electrons. The molecule has 2 rings (SSSR count). The monoisotopic (exact) mass is 271 g/mol. The van der Waals surface area contributed by atoms with Gasteiger partial charge in [0.25, 0.3) is 0 Å². The van der Waals surface area contributed by atoms with Gasteiger partial charge < -0.3 is 5.32 Å². The van der Waals surface area contributed by atoms with Gasteiger partial charge in [-0.2, -0.15) is 0 Å². The molecular formula is C9H7BrClN3. The lowest BCUT2D eigenvalue weighted by atomic mass is 10.2. The average Bonchev–Trinajstić information content (AvgIpc) is 2.19. The Bertz CT molecular complexity index is 487. The Morgan fingerprint density at radius 3 is 2.79 bits per heavy atom. The number of anilines is 1. The molecule has 14 heavy (non-hydrogen) atoms. The van der Waals surface area contributed by atoms with E-state index in [2.05, 4.69) is 31.2 Å². The van der Waals surface area contributed by atoms with E-state index in [1.807, 2.05) is 13.1 Å². The lowest BCUT2D eigenvalue weighted by molar-refractivity contribution is 1.28. The van der Waals surface area contributed by atoms with Crippen LogP contribution < -0.4 is 5.32 Å². The molecule has 72 valence electrons. The third-order valence-electron chi connectivity index (χ3n) is 1.93. The fraction of sp³-hybridized carbons (Fsp3) is 0.111. The summed E-state index contributed by atoms with van der Waals surface area (Å²) >= 11 is 9.23. The highest BCUT2D eigenvalue weighted by molar-refractivity contribution is 9.10. The molecule has 0 amide bonds. The quantitative estimate of drug-likeness (QED) is 0.811. The molecule has 0 saturated heterocycles. The Hall–Kier alpha value is -0.870. The highest BCUT2D eigenvalue weighted by Crippen LogP contribution is 2.28. The number of nitrogens with zero attached hydrogens (tertiary/aromatic N) is 2. The minimum atomic E-state index is 0.478. The number of aromatic nitrogens is 2. The number of hydrogen-bond donors (Lipinski definition) is 1. The molecule has 0 aliphatic heterocycles. The molecule has 2 heterocycles. The summed E-state index contributed by atoms with van der Waals surface area (Å²) in [5.74, 6) is 0.798. The van der Waals surface area contributed by atoms with Crippen LogP contribution in [0.25, 0.3) is 10.8 Å². The number of pyridine rings is 2. The predicted molar refractivity (Wildman–Crippen MR) is 61.8 cm³/mol. The first-order valence-corrected chi connectivity index (χ1v) is 5.17. The minimum absolute atomic E-state index is 0.478. The van der Waals surface area contributed by atoms with E-state index in [0.717, 1.165) is 21.1 Å². The van der Waals surface area contributed by atoms with Crippen LogP contribution in [0.3, 0.4) is 0 Å². The second-order valence-corrected chi connectivity index (χ2v) is 4.00. The summed E-state index contributed by atoms with van der Waals surface area (Å²) in [6.07, 6.45) is 3.45. The Labute approximate surface area is 94.6 Å². The first-order valence-electron chi connectivity index (χ1n) is 4.00. The van der Waals surface area contributed by atoms with Crippen molar-refractivity contribution in [3.63, 3.8) is 0 Å². The van der Waals surface area contributed by atoms with Gasteiger partial charge in [0, 0.05) is 34.7 Å². The van der Waals surface area contributed by atoms with E-state index in [4.69, 9.17) is 11.6 Å². The minimum Gasteiger partial charge on any atom is -0.373 e. The van der Waals surface area contributed by atoms with E-state index in [0.29, 0.717) is 5.15 Å². The summed E-state index contributed by atoms with van der Waals surface area (Å²) in [6, 6.07) is 1.81. The van der Waals surface area contributed by atoms with Crippen molar-refractivity contribution >= 4 is 44.1 Å². The van der Waals surface area contributed by atoms with Crippen molar-refractivity contribution in [1.82, 2.24) is 9.97 Å². The normalized spacial score (nSPS) is 10.5. The van der Waals surface area contributed by atoms with E-state index in [1.165, 1.54) is 0 Å². The summed E-state index contributed by atoms with van der Waals surface area (Å²) in [5, 5.41) is 5.43. The molecule has 0 aliphatic rings. The van der Waals surface area contributed by atoms with Crippen molar-refractivity contribution in [2.24, 2.45) is 0 Å². The summed E-state index contributed by atoms with van der Waals surface area (Å²) in [4.78, 5) is 8.24. The van der Waals surface area contributed by atoms with Crippen LogP contribution in [0, 0.1) is 0 Å². The van der Waals surface area contributed by atoms with E-state index in [-0.39, 0.29) is 0 Å². The smallest absolute Gasteiger partial charge is 0.135 e. The number of fused-ring (bicyclic) bond motifs is 1. The van der Waals surface area contributed by atoms with E-state index >= 15 is 0 Å². The van der Waals surface area contributed by atoms with Crippen LogP contribution in [0.2, 0.25) is 5.15 Å². The van der Waals surface area contributed by atoms with Gasteiger partial charge >= 0.3 is 0 Å². The Kier molecular flexibility index (Phi) is 2.56. The average molecular weight is 273 g/mol. The Morgan fingerprint density at radius 1 is 1.29 bits per heavy atom. The standard InChI is InChI=1S/C9H7BrClN3/c1-12-9-6-3-13-8(11)2-5(6)7(10)4-14-9/h2-4H,1H3,(H,12,14). The van der Waals surface area contributed by atoms with Crippen LogP contribution in [0.15, 0.2) is 22.9 Å². The molecule has 0 aromatic carbocycles. The second-order valence-electron chi connectivity index (χ2n) is 2.76. The molecule has 1 N–H and O–H groups in total. The zero-order valence-corrected chi connectivity index (χ0v) is 9.72. The van der Waals surface area contributed by atoms with Crippen molar-refractivity contribution in [3.8, 4) is 0 Å². The van der Waals surface area contributed by atoms with E-state index in [9.17, 15) is 0 Å². The molecule has 2 aromatic heterocycles. The Balaban J connectivity index is 2.84. The SMILES string of the molecule is CNc1ncc(Br)c2cc(Cl)ncc12. The first kappa shape index (κ1) is 9.68. The molecular weight excluding hydrogens is 265 g/mol. The van der Waals surface area contributed by atoms with Crippen LogP contribution in [-0.2, 0) is 0 Å². The maximum atomic E-state index is 5.81. The van der Waals surface area contributed by atoms with Gasteiger partial charge in [-0.15, -0.1) is 0 Å². The number of rotatable bonds is 1. The Morgan fingerprint density at radius 2 is 2.07 bits per heavy atom. The summed E-state index contributed by atoms with van der Waals surface area (Å²) < 4.78 is 0.913. The largest absolute Gasteiger partial charge is 0.373 e. The molecule has 0 spiro atoms. The molecule has 0 saturated carbocycles. The van der Waals surface area contributed by atoms with Gasteiger partial charge in [0.1, 0.15) is 11.0 Å². The van der Waals surface area contributed by atoms with Crippen molar-refractivity contribution in [1.29, 1.82) is 0 Å². The zero-order valence-electron chi connectivity index (χ0n) is 7.38. The van der Waals surface area contributed by atoms with Crippen molar-refractivity contribution in [2.45, 2.75) is 0 Å². The number of hydrogen-bond acceptors (Lipinski definition) is 3. The van der Waals surface area contributed by atoms with Crippen LogP contribution in [-0.4, -0.2) is 17.0 Å². The van der Waals surface area contributed by atoms with Gasteiger partial charge in [0.15, 0.2) is 0 Å². The van der Waals surface area contributed by atoms with Crippen LogP contribution in [0.1, 0.15) is 0 Å². The van der Waals surface area contributed by atoms with Gasteiger partial charge in [-0.25, -0.2) is 9.97 Å². The molecule has 0 aliphatic carbocycles. The molecule has 0 atom stereocenters. The third kappa shape index (κ3) is 1.55. The fourth-order valence-corrected chi connectivity index (χ4v) is 1.86. The first-order chi connectivity index (χ1) is 6.72. The fourth-order valence-electron chi connectivity index (χ4n) is 1.28. The van der Waals surface area contributed by atoms with Crippen LogP contribution in [0.4, 0.5) is 5.82 Å². The molecule has 0 fully saturated rings. The molecule has 0 bridgehead atoms. The highest BCUT2D eigenvalue weighted by atomic mass is 79.9. The molecule has 2 aromatic rings. The predicted octanol–water partition coefficient (Wildman–Crippen LogP) is 3.09. The number of halogens is 2. The molecule has 5 heteroatoms. The van der Waals surface area contributed by atoms with Gasteiger partial charge in [0.05, 0.1) is 0 Å². The second kappa shape index (κ2) is 3.71. The topological polar surface area (TPSA) is 37.8 Å². The van der Waals surface area contributed by atoms with Gasteiger partial charge in [-0.1, -0.05) is 11.6 Å². The maximum absolute atomic E-state index is 5.81. The van der Waals surface area contributed by atoms with Gasteiger partial charge in [-0.3, -0.25) is 0 Å². The van der Waals surface area contributed by atoms with E-state index in [1.54, 1.807) is 12.4 Å². The maximum Gasteiger partial charge on any atom is 0.135 e. The third-order valence-corrected chi connectivity index (χ3v) is 2.77. The molecule has 3 nitrogen and oxygen atoms in total. The van der Waals surface area contributed by atoms with Crippen molar-refractivity contribution in [3.05, 3.63) is 28.1 Å².